The van der Waals surface area contributed by atoms with E-state index >= 15 is 0 Å². The minimum Gasteiger partial charge on any atom is -0.481 e. The molecule has 0 aromatic carbocycles. The van der Waals surface area contributed by atoms with Crippen LogP contribution in [0.25, 0.3) is 0 Å². The number of rotatable bonds is 49. The molecule has 0 aromatic heterocycles. The standard InChI is InChI=1S/C56H95N21O22/c1-25(2)43(44(63)88)76-54(98)36-9-6-20-77(36)55(99)33(21-40(62)83)73-50(94)31(13-17-41(84)85)69-51(95)32(22-42(86)87)72-49(93)30(12-16-39(61)82)71-53(97)35(24-79)75-47(91)28(8-5-19-66-56(64)65)68-48(92)29(11-15-38(60)81)70-52(96)34(23-78)74-46(90)27(7-3-4-18-57)67-45(89)26(58)10-14-37(59)80/h25-36,43,78-79H,3-24,57-58H2,1-2H3,(H2,59,80)(H2,60,81)(H2,61,82)(H2,62,83)(H2,63,88)(H,67,89)(H,68,92)(H,69,95)(H,70,96)(H,71,97)(H,72,93)(H,73,94)(H,74,90)(H,75,91)(H,76,98)(H,84,85)(H,86,87)(H4,64,65,66)/t26-,27-,28-,29-,30-,31-,32-,33-,34-,35-,36-,43-/m0/s1. The number of primary amides is 5. The van der Waals surface area contributed by atoms with Gasteiger partial charge in [-0.05, 0) is 83.1 Å². The number of carbonyl (C=O) groups is 18. The summed E-state index contributed by atoms with van der Waals surface area (Å²) in [7, 11) is 0. The van der Waals surface area contributed by atoms with Gasteiger partial charge in [-0.3, -0.25) is 91.3 Å². The van der Waals surface area contributed by atoms with Crippen LogP contribution in [0.2, 0.25) is 0 Å². The molecular weight excluding hydrogens is 1320 g/mol. The van der Waals surface area contributed by atoms with Gasteiger partial charge in [-0.2, -0.15) is 0 Å². The van der Waals surface area contributed by atoms with Crippen molar-refractivity contribution in [2.24, 2.45) is 62.5 Å². The molecule has 43 heteroatoms. The van der Waals surface area contributed by atoms with Crippen molar-refractivity contribution in [1.82, 2.24) is 58.1 Å². The van der Waals surface area contributed by atoms with E-state index in [1.807, 2.05) is 5.32 Å². The molecule has 1 aliphatic heterocycles. The van der Waals surface area contributed by atoms with Crippen molar-refractivity contribution in [3.63, 3.8) is 0 Å². The van der Waals surface area contributed by atoms with Crippen molar-refractivity contribution < 1.29 is 107 Å². The molecule has 1 fully saturated rings. The van der Waals surface area contributed by atoms with Crippen LogP contribution in [0.4, 0.5) is 0 Å². The highest BCUT2D eigenvalue weighted by molar-refractivity contribution is 6.01. The first kappa shape index (κ1) is 86.6. The number of aliphatic carboxylic acids is 2. The molecule has 556 valence electrons. The number of carbonyl (C=O) groups excluding carboxylic acids is 16. The van der Waals surface area contributed by atoms with Gasteiger partial charge in [0.2, 0.25) is 94.5 Å². The summed E-state index contributed by atoms with van der Waals surface area (Å²) in [5.41, 5.74) is 49.0. The molecule has 0 radical (unpaired) electrons. The fourth-order valence-electron chi connectivity index (χ4n) is 9.56. The number of aliphatic hydroxyl groups excluding tert-OH is 2. The molecule has 32 N–H and O–H groups in total. The highest BCUT2D eigenvalue weighted by atomic mass is 16.4. The van der Waals surface area contributed by atoms with E-state index in [2.05, 4.69) is 52.8 Å². The maximum Gasteiger partial charge on any atom is 0.305 e. The highest BCUT2D eigenvalue weighted by Gasteiger charge is 2.42. The zero-order chi connectivity index (χ0) is 75.4. The summed E-state index contributed by atoms with van der Waals surface area (Å²) in [4.78, 5) is 240. The summed E-state index contributed by atoms with van der Waals surface area (Å²) in [5.74, 6) is -22.5. The van der Waals surface area contributed by atoms with Crippen LogP contribution in [-0.2, 0) is 86.3 Å². The Bertz CT molecular complexity index is 2930. The third kappa shape index (κ3) is 32.9. The van der Waals surface area contributed by atoms with Crippen molar-refractivity contribution >= 4 is 112 Å². The molecule has 1 heterocycles. The predicted octanol–water partition coefficient (Wildman–Crippen LogP) is -12.5. The lowest BCUT2D eigenvalue weighted by molar-refractivity contribution is -0.144. The molecule has 1 rings (SSSR count). The number of aliphatic hydroxyl groups is 2. The number of nitrogens with zero attached hydrogens (tertiary/aromatic N) is 2. The maximum absolute atomic E-state index is 14.1. The number of guanidine groups is 1. The number of amides is 16. The monoisotopic (exact) mass is 1410 g/mol. The quantitative estimate of drug-likeness (QED) is 0.0153. The molecule has 99 heavy (non-hydrogen) atoms. The van der Waals surface area contributed by atoms with Crippen LogP contribution in [0.15, 0.2) is 4.99 Å². The second-order valence-corrected chi connectivity index (χ2v) is 23.3. The molecule has 1 saturated heterocycles. The number of carboxylic acids is 2. The zero-order valence-electron chi connectivity index (χ0n) is 54.8. The van der Waals surface area contributed by atoms with E-state index in [9.17, 15) is 107 Å². The number of aliphatic imine (C=N–C) groups is 1. The fraction of sp³-hybridized carbons (Fsp3) is 0.661. The first-order valence-corrected chi connectivity index (χ1v) is 31.3. The Morgan fingerprint density at radius 2 is 0.828 bits per heavy atom. The van der Waals surface area contributed by atoms with Gasteiger partial charge in [-0.25, -0.2) is 0 Å². The Balaban J connectivity index is 3.62. The molecule has 0 spiro atoms. The second-order valence-electron chi connectivity index (χ2n) is 23.3. The van der Waals surface area contributed by atoms with Crippen molar-refractivity contribution in [2.75, 3.05) is 32.8 Å². The van der Waals surface area contributed by atoms with Crippen LogP contribution in [0.5, 0.6) is 0 Å². The van der Waals surface area contributed by atoms with E-state index in [1.165, 1.54) is 0 Å². The number of likely N-dealkylation sites (tertiary alicyclic amines) is 1. The molecule has 12 atom stereocenters. The van der Waals surface area contributed by atoms with E-state index in [-0.39, 0.29) is 64.6 Å². The molecule has 0 unspecified atom stereocenters. The number of hydrogen-bond donors (Lipinski definition) is 23. The lowest BCUT2D eigenvalue weighted by Crippen LogP contribution is -2.61. The van der Waals surface area contributed by atoms with Gasteiger partial charge in [0, 0.05) is 38.8 Å². The Morgan fingerprint density at radius 3 is 1.22 bits per heavy atom. The first-order valence-electron chi connectivity index (χ1n) is 31.3. The molecule has 0 aromatic rings. The number of hydrogen-bond acceptors (Lipinski definition) is 23. The van der Waals surface area contributed by atoms with E-state index in [0.29, 0.717) is 6.42 Å². The van der Waals surface area contributed by atoms with Gasteiger partial charge in [0.25, 0.3) is 0 Å². The third-order valence-electron chi connectivity index (χ3n) is 14.9. The largest absolute Gasteiger partial charge is 0.481 e. The summed E-state index contributed by atoms with van der Waals surface area (Å²) in [6, 6.07) is -20.9. The number of carboxylic acid groups (broad SMARTS) is 2. The van der Waals surface area contributed by atoms with Crippen LogP contribution in [0, 0.1) is 5.92 Å². The average Bonchev–Trinajstić information content (AvgIpc) is 1.76. The van der Waals surface area contributed by atoms with Crippen molar-refractivity contribution in [3.05, 3.63) is 0 Å². The molecule has 43 nitrogen and oxygen atoms in total. The molecule has 1 aliphatic rings. The number of nitrogens with one attached hydrogen (secondary N) is 10. The molecule has 0 aliphatic carbocycles. The summed E-state index contributed by atoms with van der Waals surface area (Å²) in [6.07, 6.45) is -6.79. The minimum absolute atomic E-state index is 0.0484. The van der Waals surface area contributed by atoms with Crippen LogP contribution in [0.3, 0.4) is 0 Å². The van der Waals surface area contributed by atoms with Gasteiger partial charge in [0.1, 0.15) is 66.5 Å². The normalized spacial score (nSPS) is 15.8. The highest BCUT2D eigenvalue weighted by Crippen LogP contribution is 2.21. The summed E-state index contributed by atoms with van der Waals surface area (Å²) >= 11 is 0. The van der Waals surface area contributed by atoms with Crippen LogP contribution >= 0.6 is 0 Å². The lowest BCUT2D eigenvalue weighted by atomic mass is 10.0. The SMILES string of the molecule is CC(C)[C@H](NC(=O)[C@@H]1CCCN1C(=O)[C@H](CC(N)=O)NC(=O)[C@H](CCC(=O)O)NC(=O)[C@H](CC(=O)O)NC(=O)[C@H](CCC(N)=O)NC(=O)[C@H](CO)NC(=O)[C@H](CCCN=C(N)N)NC(=O)[C@H](CCC(N)=O)NC(=O)[C@H](CO)NC(=O)[C@H](CCCCN)NC(=O)[C@@H](N)CCC(N)=O)C(N)=O. The van der Waals surface area contributed by atoms with Gasteiger partial charge in [-0.15, -0.1) is 0 Å². The molecule has 0 bridgehead atoms. The Hall–Kier alpha value is -10.4. The molecular formula is C56H95N21O22. The minimum atomic E-state index is -2.25. The van der Waals surface area contributed by atoms with E-state index in [0.717, 1.165) is 4.90 Å². The Labute approximate surface area is 566 Å². The topological polar surface area (TPSA) is 758 Å². The summed E-state index contributed by atoms with van der Waals surface area (Å²) in [6.45, 7) is 0.614. The maximum atomic E-state index is 14.1. The fourth-order valence-corrected chi connectivity index (χ4v) is 9.56. The summed E-state index contributed by atoms with van der Waals surface area (Å²) < 4.78 is 0. The Morgan fingerprint density at radius 1 is 0.444 bits per heavy atom. The van der Waals surface area contributed by atoms with Crippen LogP contribution in [-0.4, -0.2) is 243 Å². The number of nitrogens with two attached hydrogens (primary N) is 9. The third-order valence-corrected chi connectivity index (χ3v) is 14.9. The van der Waals surface area contributed by atoms with Gasteiger partial charge in [0.15, 0.2) is 5.96 Å². The van der Waals surface area contributed by atoms with Crippen molar-refractivity contribution in [3.8, 4) is 0 Å². The molecule has 0 saturated carbocycles. The number of unbranched alkanes of at least 4 members (excludes halogenated alkanes) is 1. The van der Waals surface area contributed by atoms with E-state index < -0.39 is 262 Å². The zero-order valence-corrected chi connectivity index (χ0v) is 54.8. The van der Waals surface area contributed by atoms with Gasteiger partial charge >= 0.3 is 11.9 Å². The predicted molar refractivity (Wildman–Crippen MR) is 341 cm³/mol. The van der Waals surface area contributed by atoms with E-state index in [1.54, 1.807) is 13.8 Å². The van der Waals surface area contributed by atoms with Crippen LogP contribution < -0.4 is 105 Å². The first-order chi connectivity index (χ1) is 46.4. The average molecular weight is 1410 g/mol. The van der Waals surface area contributed by atoms with Gasteiger partial charge in [-0.1, -0.05) is 13.8 Å². The van der Waals surface area contributed by atoms with Gasteiger partial charge < -0.3 is 130 Å². The Kier molecular flexibility index (Phi) is 38.8. The smallest absolute Gasteiger partial charge is 0.305 e. The van der Waals surface area contributed by atoms with Gasteiger partial charge in [0.05, 0.1) is 32.1 Å². The molecule has 16 amide bonds. The van der Waals surface area contributed by atoms with Crippen LogP contribution in [0.1, 0.15) is 123 Å². The summed E-state index contributed by atoms with van der Waals surface area (Å²) in [5, 5.41) is 62.4. The van der Waals surface area contributed by atoms with Crippen molar-refractivity contribution in [1.29, 1.82) is 0 Å². The van der Waals surface area contributed by atoms with Crippen molar-refractivity contribution in [2.45, 2.75) is 196 Å². The lowest BCUT2D eigenvalue weighted by Gasteiger charge is -2.30. The van der Waals surface area contributed by atoms with E-state index in [4.69, 9.17) is 51.6 Å². The second kappa shape index (κ2) is 44.4.